The predicted octanol–water partition coefficient (Wildman–Crippen LogP) is 4.44. The van der Waals surface area contributed by atoms with Crippen LogP contribution in [0.15, 0.2) is 67.4 Å². The van der Waals surface area contributed by atoms with Crippen molar-refractivity contribution in [1.82, 2.24) is 34.9 Å². The predicted molar refractivity (Wildman–Crippen MR) is 139 cm³/mol. The normalized spacial score (nSPS) is 14.9. The second-order valence-electron chi connectivity index (χ2n) is 8.86. The first kappa shape index (κ1) is 27.5. The number of carboxylic acids is 1. The monoisotopic (exact) mass is 570 g/mol. The first-order valence-corrected chi connectivity index (χ1v) is 12.2. The van der Waals surface area contributed by atoms with Gasteiger partial charge in [0.15, 0.2) is 5.82 Å². The highest BCUT2D eigenvalue weighted by atomic mass is 19.4. The molecular formula is C26H22F4N8O3. The third kappa shape index (κ3) is 6.58. The topological polar surface area (TPSA) is 142 Å². The van der Waals surface area contributed by atoms with Crippen molar-refractivity contribution in [2.24, 2.45) is 0 Å². The van der Waals surface area contributed by atoms with Crippen molar-refractivity contribution in [2.45, 2.75) is 18.7 Å². The fourth-order valence-corrected chi connectivity index (χ4v) is 4.08. The lowest BCUT2D eigenvalue weighted by Crippen LogP contribution is -2.21. The van der Waals surface area contributed by atoms with Crippen LogP contribution in [0.4, 0.5) is 29.2 Å². The van der Waals surface area contributed by atoms with Crippen LogP contribution in [0.2, 0.25) is 0 Å². The lowest BCUT2D eigenvalue weighted by atomic mass is 10.1. The number of aliphatic carboxylic acids is 1. The first-order chi connectivity index (χ1) is 19.7. The molecule has 0 aliphatic carbocycles. The van der Waals surface area contributed by atoms with Gasteiger partial charge in [0, 0.05) is 36.3 Å². The lowest BCUT2D eigenvalue weighted by molar-refractivity contribution is -0.192. The van der Waals surface area contributed by atoms with E-state index in [-0.39, 0.29) is 17.7 Å². The number of pyridine rings is 1. The average Bonchev–Trinajstić information content (AvgIpc) is 3.72. The van der Waals surface area contributed by atoms with E-state index in [0.717, 1.165) is 48.3 Å². The van der Waals surface area contributed by atoms with Crippen molar-refractivity contribution in [2.75, 3.05) is 18.4 Å². The van der Waals surface area contributed by atoms with Crippen LogP contribution in [0.1, 0.15) is 6.42 Å². The van der Waals surface area contributed by atoms with Gasteiger partial charge in [-0.3, -0.25) is 9.50 Å². The maximum atomic E-state index is 14.7. The van der Waals surface area contributed by atoms with Crippen LogP contribution in [0, 0.1) is 5.82 Å². The number of hydrogen-bond donors (Lipinski definition) is 4. The van der Waals surface area contributed by atoms with Crippen molar-refractivity contribution in [1.29, 1.82) is 0 Å². The third-order valence-corrected chi connectivity index (χ3v) is 5.96. The Kier molecular flexibility index (Phi) is 7.78. The van der Waals surface area contributed by atoms with E-state index in [4.69, 9.17) is 14.6 Å². The zero-order valence-electron chi connectivity index (χ0n) is 21.1. The summed E-state index contributed by atoms with van der Waals surface area (Å²) in [6.45, 7) is 1.75. The number of hydrogen-bond acceptors (Lipinski definition) is 8. The molecular weight excluding hydrogens is 548 g/mol. The maximum absolute atomic E-state index is 14.7. The number of aromatic nitrogens is 6. The van der Waals surface area contributed by atoms with Gasteiger partial charge in [-0.1, -0.05) is 6.07 Å². The fourth-order valence-electron chi connectivity index (χ4n) is 4.08. The second-order valence-corrected chi connectivity index (χ2v) is 8.86. The molecule has 0 radical (unpaired) electrons. The van der Waals surface area contributed by atoms with Crippen LogP contribution in [0.5, 0.6) is 5.75 Å². The highest BCUT2D eigenvalue weighted by molar-refractivity contribution is 5.73. The smallest absolute Gasteiger partial charge is 0.489 e. The van der Waals surface area contributed by atoms with E-state index in [1.54, 1.807) is 16.8 Å². The van der Waals surface area contributed by atoms with Crippen LogP contribution in [0.25, 0.3) is 28.2 Å². The molecule has 1 saturated heterocycles. The van der Waals surface area contributed by atoms with E-state index in [1.807, 2.05) is 48.8 Å². The van der Waals surface area contributed by atoms with Gasteiger partial charge in [-0.15, -0.1) is 0 Å². The number of carbonyl (C=O) groups is 1. The standard InChI is InChI=1S/C24H21FN8O.C2HF3O2/c25-20-13-28-24(32-23(20)21-14-27-22-3-1-2-6-33(21)22)31-17-7-15(16-10-29-30-11-16)8-19(9-17)34-18-4-5-26-12-18;3-2(4,5)1(6)7/h1-3,6-11,13-14,18,26H,4-5,12H2,(H,29,30)(H,28,31,32);(H,6,7). The van der Waals surface area contributed by atoms with E-state index in [2.05, 4.69) is 35.8 Å². The number of ether oxygens (including phenoxy) is 1. The molecule has 0 amide bonds. The van der Waals surface area contributed by atoms with Gasteiger partial charge in [0.2, 0.25) is 5.95 Å². The Bertz CT molecular complexity index is 1650. The molecule has 1 atom stereocenters. The minimum atomic E-state index is -5.08. The fraction of sp³-hybridized carbons (Fsp3) is 0.192. The molecule has 0 saturated carbocycles. The molecule has 1 unspecified atom stereocenters. The average molecular weight is 571 g/mol. The Balaban J connectivity index is 0.000000431. The van der Waals surface area contributed by atoms with Crippen LogP contribution in [-0.4, -0.2) is 66.0 Å². The highest BCUT2D eigenvalue weighted by Gasteiger charge is 2.38. The van der Waals surface area contributed by atoms with E-state index in [9.17, 15) is 17.6 Å². The molecule has 1 aliphatic rings. The highest BCUT2D eigenvalue weighted by Crippen LogP contribution is 2.31. The SMILES string of the molecule is Fc1cnc(Nc2cc(OC3CCNC3)cc(-c3cn[nH]c3)c2)nc1-c1cnc2ccccn12.O=C(O)C(F)(F)F. The van der Waals surface area contributed by atoms with Crippen LogP contribution in [0.3, 0.4) is 0 Å². The Morgan fingerprint density at radius 1 is 1.12 bits per heavy atom. The second kappa shape index (κ2) is 11.6. The van der Waals surface area contributed by atoms with Crippen LogP contribution in [-0.2, 0) is 4.79 Å². The summed E-state index contributed by atoms with van der Waals surface area (Å²) < 4.78 is 54.4. The molecule has 15 heteroatoms. The number of imidazole rings is 1. The molecule has 4 aromatic heterocycles. The first-order valence-electron chi connectivity index (χ1n) is 12.2. The summed E-state index contributed by atoms with van der Waals surface area (Å²) in [6, 6.07) is 11.4. The van der Waals surface area contributed by atoms with Crippen molar-refractivity contribution in [3.8, 4) is 28.3 Å². The lowest BCUT2D eigenvalue weighted by Gasteiger charge is -2.15. The van der Waals surface area contributed by atoms with Gasteiger partial charge < -0.3 is 20.5 Å². The van der Waals surface area contributed by atoms with Crippen molar-refractivity contribution >= 4 is 23.3 Å². The Morgan fingerprint density at radius 2 is 1.95 bits per heavy atom. The Hall–Kier alpha value is -5.05. The number of benzene rings is 1. The van der Waals surface area contributed by atoms with E-state index in [0.29, 0.717) is 11.3 Å². The third-order valence-electron chi connectivity index (χ3n) is 5.96. The Labute approximate surface area is 229 Å². The molecule has 6 rings (SSSR count). The van der Waals surface area contributed by atoms with Gasteiger partial charge in [0.05, 0.1) is 24.3 Å². The van der Waals surface area contributed by atoms with Gasteiger partial charge in [-0.25, -0.2) is 24.1 Å². The van der Waals surface area contributed by atoms with E-state index >= 15 is 0 Å². The van der Waals surface area contributed by atoms with Gasteiger partial charge in [0.25, 0.3) is 0 Å². The number of carboxylic acid groups (broad SMARTS) is 1. The number of nitrogens with zero attached hydrogens (tertiary/aromatic N) is 5. The van der Waals surface area contributed by atoms with Crippen LogP contribution >= 0.6 is 0 Å². The summed E-state index contributed by atoms with van der Waals surface area (Å²) in [5.41, 5.74) is 3.98. The van der Waals surface area contributed by atoms with Gasteiger partial charge in [-0.2, -0.15) is 18.3 Å². The molecule has 5 heterocycles. The summed E-state index contributed by atoms with van der Waals surface area (Å²) in [4.78, 5) is 21.8. The molecule has 212 valence electrons. The molecule has 1 fully saturated rings. The van der Waals surface area contributed by atoms with Crippen LogP contribution < -0.4 is 15.4 Å². The molecule has 0 bridgehead atoms. The van der Waals surface area contributed by atoms with Gasteiger partial charge >= 0.3 is 12.1 Å². The minimum absolute atomic E-state index is 0.108. The molecule has 1 aromatic carbocycles. The zero-order valence-corrected chi connectivity index (χ0v) is 21.1. The largest absolute Gasteiger partial charge is 0.490 e. The number of rotatable bonds is 6. The molecule has 0 spiro atoms. The number of fused-ring (bicyclic) bond motifs is 1. The summed E-state index contributed by atoms with van der Waals surface area (Å²) in [6.07, 6.45) is 4.12. The Morgan fingerprint density at radius 3 is 2.66 bits per heavy atom. The molecule has 11 nitrogen and oxygen atoms in total. The van der Waals surface area contributed by atoms with E-state index in [1.165, 1.54) is 0 Å². The maximum Gasteiger partial charge on any atom is 0.490 e. The summed E-state index contributed by atoms with van der Waals surface area (Å²) in [5, 5.41) is 20.5. The molecule has 4 N–H and O–H groups in total. The van der Waals surface area contributed by atoms with Crippen molar-refractivity contribution in [3.05, 3.63) is 73.2 Å². The number of aromatic amines is 1. The molecule has 5 aromatic rings. The van der Waals surface area contributed by atoms with Crippen molar-refractivity contribution in [3.63, 3.8) is 0 Å². The summed E-state index contributed by atoms with van der Waals surface area (Å²) >= 11 is 0. The number of alkyl halides is 3. The zero-order chi connectivity index (χ0) is 29.0. The summed E-state index contributed by atoms with van der Waals surface area (Å²) in [5.74, 6) is -2.30. The van der Waals surface area contributed by atoms with Gasteiger partial charge in [0.1, 0.15) is 23.2 Å². The molecule has 1 aliphatic heterocycles. The quantitative estimate of drug-likeness (QED) is 0.218. The number of anilines is 2. The van der Waals surface area contributed by atoms with Gasteiger partial charge in [-0.05, 0) is 42.8 Å². The number of H-pyrrole nitrogens is 1. The molecule has 41 heavy (non-hydrogen) atoms. The number of halogens is 4. The van der Waals surface area contributed by atoms with E-state index < -0.39 is 18.0 Å². The van der Waals surface area contributed by atoms with Crippen molar-refractivity contribution < 1.29 is 32.2 Å². The number of nitrogens with one attached hydrogen (secondary N) is 3. The summed E-state index contributed by atoms with van der Waals surface area (Å²) in [7, 11) is 0. The minimum Gasteiger partial charge on any atom is -0.489 e.